The molecule has 3 rings (SSSR count). The third-order valence-corrected chi connectivity index (χ3v) is 4.92. The minimum atomic E-state index is -0.411. The number of piperazine rings is 1. The number of hydrogen-bond acceptors (Lipinski definition) is 6. The highest BCUT2D eigenvalue weighted by molar-refractivity contribution is 5.32. The fourth-order valence-electron chi connectivity index (χ4n) is 3.44. The molecule has 1 atom stereocenters. The number of aromatic nitrogens is 2. The lowest BCUT2D eigenvalue weighted by molar-refractivity contribution is 0.0781. The Kier molecular flexibility index (Phi) is 5.11. The third-order valence-electron chi connectivity index (χ3n) is 4.92. The second-order valence-electron chi connectivity index (χ2n) is 6.48. The molecule has 0 amide bonds. The zero-order valence-electron chi connectivity index (χ0n) is 15.2. The van der Waals surface area contributed by atoms with Crippen LogP contribution in [0.3, 0.4) is 0 Å². The Hall–Kier alpha value is -2.31. The van der Waals surface area contributed by atoms with E-state index in [1.54, 1.807) is 0 Å². The maximum Gasteiger partial charge on any atom is 0.225 e. The summed E-state index contributed by atoms with van der Waals surface area (Å²) in [6.45, 7) is 15.5. The Labute approximate surface area is 148 Å². The van der Waals surface area contributed by atoms with Gasteiger partial charge in [0.25, 0.3) is 0 Å². The third kappa shape index (κ3) is 3.55. The van der Waals surface area contributed by atoms with E-state index in [1.165, 1.54) is 12.4 Å². The van der Waals surface area contributed by atoms with Crippen LogP contribution >= 0.6 is 0 Å². The maximum absolute atomic E-state index is 13.0. The van der Waals surface area contributed by atoms with Crippen LogP contribution in [-0.2, 0) is 4.74 Å². The molecule has 7 heteroatoms. The van der Waals surface area contributed by atoms with Crippen LogP contribution in [0.25, 0.3) is 0 Å². The molecule has 136 valence electrons. The van der Waals surface area contributed by atoms with Gasteiger partial charge < -0.3 is 19.4 Å². The molecule has 1 aromatic rings. The molecule has 3 heterocycles. The Bertz CT molecular complexity index is 652. The Morgan fingerprint density at radius 3 is 2.52 bits per heavy atom. The molecule has 2 aliphatic rings. The monoisotopic (exact) mass is 347 g/mol. The Balaban J connectivity index is 1.67. The highest BCUT2D eigenvalue weighted by Crippen LogP contribution is 2.28. The molecule has 2 aliphatic heterocycles. The largest absolute Gasteiger partial charge is 0.487 e. The van der Waals surface area contributed by atoms with E-state index < -0.39 is 5.82 Å². The summed E-state index contributed by atoms with van der Waals surface area (Å²) in [7, 11) is 0. The summed E-state index contributed by atoms with van der Waals surface area (Å²) in [6.07, 6.45) is 2.42. The molecule has 0 radical (unpaired) electrons. The molecule has 0 bridgehead atoms. The quantitative estimate of drug-likeness (QED) is 0.835. The summed E-state index contributed by atoms with van der Waals surface area (Å²) in [5.74, 6) is 1.06. The number of ether oxygens (including phenoxy) is 1. The number of hydrogen-bond donors (Lipinski definition) is 0. The fourth-order valence-corrected chi connectivity index (χ4v) is 3.44. The van der Waals surface area contributed by atoms with Crippen molar-refractivity contribution in [2.24, 2.45) is 0 Å². The maximum atomic E-state index is 13.0. The van der Waals surface area contributed by atoms with Gasteiger partial charge in [0.1, 0.15) is 6.61 Å². The van der Waals surface area contributed by atoms with Crippen molar-refractivity contribution in [2.75, 3.05) is 44.2 Å². The summed E-state index contributed by atoms with van der Waals surface area (Å²) >= 11 is 0. The van der Waals surface area contributed by atoms with E-state index in [0.717, 1.165) is 49.9 Å². The summed E-state index contributed by atoms with van der Waals surface area (Å²) in [4.78, 5) is 14.8. The van der Waals surface area contributed by atoms with E-state index in [9.17, 15) is 4.39 Å². The fraction of sp³-hybridized carbons (Fsp3) is 0.556. The van der Waals surface area contributed by atoms with E-state index in [1.807, 2.05) is 0 Å². The van der Waals surface area contributed by atoms with Crippen molar-refractivity contribution in [1.82, 2.24) is 19.8 Å². The topological polar surface area (TPSA) is 44.7 Å². The predicted octanol–water partition coefficient (Wildman–Crippen LogP) is 2.22. The average Bonchev–Trinajstić information content (AvgIpc) is 2.62. The molecule has 0 aromatic carbocycles. The van der Waals surface area contributed by atoms with E-state index >= 15 is 0 Å². The molecule has 0 N–H and O–H groups in total. The van der Waals surface area contributed by atoms with Crippen molar-refractivity contribution in [1.29, 1.82) is 0 Å². The van der Waals surface area contributed by atoms with E-state index in [2.05, 4.69) is 52.0 Å². The molecule has 2 fully saturated rings. The minimum Gasteiger partial charge on any atom is -0.487 e. The van der Waals surface area contributed by atoms with Gasteiger partial charge in [-0.15, -0.1) is 0 Å². The van der Waals surface area contributed by atoms with Gasteiger partial charge in [-0.25, -0.2) is 14.4 Å². The molecule has 1 aromatic heterocycles. The lowest BCUT2D eigenvalue weighted by atomic mass is 10.1. The Morgan fingerprint density at radius 2 is 1.92 bits per heavy atom. The molecular weight excluding hydrogens is 321 g/mol. The van der Waals surface area contributed by atoms with E-state index in [0.29, 0.717) is 18.6 Å². The first-order valence-corrected chi connectivity index (χ1v) is 8.78. The first kappa shape index (κ1) is 17.5. The highest BCUT2D eigenvalue weighted by Gasteiger charge is 2.28. The standard InChI is InChI=1S/C18H26FN5O/c1-5-24-13(2)12-25-17(15(24)4)14(3)22-6-8-23(9-7-22)18-20-10-16(19)11-21-18/h10-11,13H,4-9,12H2,1-3H3/b17-14-/t13-/m0/s1. The zero-order chi connectivity index (χ0) is 18.0. The van der Waals surface area contributed by atoms with Gasteiger partial charge in [-0.3, -0.25) is 0 Å². The first-order valence-electron chi connectivity index (χ1n) is 8.78. The number of morpholine rings is 1. The second kappa shape index (κ2) is 7.29. The van der Waals surface area contributed by atoms with Gasteiger partial charge in [-0.1, -0.05) is 6.58 Å². The van der Waals surface area contributed by atoms with Crippen molar-refractivity contribution in [3.05, 3.63) is 41.9 Å². The van der Waals surface area contributed by atoms with Crippen molar-refractivity contribution >= 4 is 5.95 Å². The molecule has 0 spiro atoms. The molecule has 0 saturated carbocycles. The number of allylic oxidation sites excluding steroid dienone is 1. The van der Waals surface area contributed by atoms with Crippen molar-refractivity contribution < 1.29 is 9.13 Å². The van der Waals surface area contributed by atoms with Gasteiger partial charge in [0.15, 0.2) is 11.6 Å². The molecule has 0 unspecified atom stereocenters. The van der Waals surface area contributed by atoms with Gasteiger partial charge in [-0.2, -0.15) is 0 Å². The molecule has 25 heavy (non-hydrogen) atoms. The first-order chi connectivity index (χ1) is 12.0. The van der Waals surface area contributed by atoms with Crippen LogP contribution in [0.1, 0.15) is 20.8 Å². The van der Waals surface area contributed by atoms with Crippen molar-refractivity contribution in [2.45, 2.75) is 26.8 Å². The van der Waals surface area contributed by atoms with Gasteiger partial charge in [0, 0.05) is 32.7 Å². The summed E-state index contributed by atoms with van der Waals surface area (Å²) in [5, 5.41) is 0. The van der Waals surface area contributed by atoms with Crippen LogP contribution in [0.15, 0.2) is 36.1 Å². The smallest absolute Gasteiger partial charge is 0.225 e. The van der Waals surface area contributed by atoms with Crippen molar-refractivity contribution in [3.8, 4) is 0 Å². The van der Waals surface area contributed by atoms with Gasteiger partial charge in [0.2, 0.25) is 5.95 Å². The van der Waals surface area contributed by atoms with Gasteiger partial charge >= 0.3 is 0 Å². The summed E-state index contributed by atoms with van der Waals surface area (Å²) in [6, 6.07) is 0.349. The van der Waals surface area contributed by atoms with Crippen LogP contribution in [0, 0.1) is 5.82 Å². The predicted molar refractivity (Wildman–Crippen MR) is 95.4 cm³/mol. The lowest BCUT2D eigenvalue weighted by Gasteiger charge is -2.41. The molecule has 0 aliphatic carbocycles. The lowest BCUT2D eigenvalue weighted by Crippen LogP contribution is -2.47. The van der Waals surface area contributed by atoms with E-state index in [-0.39, 0.29) is 0 Å². The number of rotatable bonds is 3. The van der Waals surface area contributed by atoms with Gasteiger partial charge in [0.05, 0.1) is 29.8 Å². The SMILES string of the molecule is C=C1/C(=C(\C)N2CCN(c3ncc(F)cn3)CC2)OC[C@H](C)N1CC. The van der Waals surface area contributed by atoms with Crippen LogP contribution in [0.4, 0.5) is 10.3 Å². The number of nitrogens with zero attached hydrogens (tertiary/aromatic N) is 5. The molecular formula is C18H26FN5O. The summed E-state index contributed by atoms with van der Waals surface area (Å²) in [5.41, 5.74) is 2.08. The van der Waals surface area contributed by atoms with Crippen LogP contribution in [0.2, 0.25) is 0 Å². The Morgan fingerprint density at radius 1 is 1.28 bits per heavy atom. The molecule has 6 nitrogen and oxygen atoms in total. The second-order valence-corrected chi connectivity index (χ2v) is 6.48. The summed E-state index contributed by atoms with van der Waals surface area (Å²) < 4.78 is 19.0. The number of halogens is 1. The normalized spacial score (nSPS) is 23.6. The van der Waals surface area contributed by atoms with E-state index in [4.69, 9.17) is 4.74 Å². The highest BCUT2D eigenvalue weighted by atomic mass is 19.1. The number of likely N-dealkylation sites (N-methyl/N-ethyl adjacent to an activating group) is 1. The minimum absolute atomic E-state index is 0.349. The van der Waals surface area contributed by atoms with Crippen LogP contribution in [0.5, 0.6) is 0 Å². The van der Waals surface area contributed by atoms with Crippen molar-refractivity contribution in [3.63, 3.8) is 0 Å². The zero-order valence-corrected chi connectivity index (χ0v) is 15.2. The average molecular weight is 347 g/mol. The van der Waals surface area contributed by atoms with Crippen LogP contribution in [-0.4, -0.2) is 65.1 Å². The van der Waals surface area contributed by atoms with Crippen LogP contribution < -0.4 is 4.90 Å². The van der Waals surface area contributed by atoms with Gasteiger partial charge in [-0.05, 0) is 20.8 Å². The number of anilines is 1. The molecule has 2 saturated heterocycles.